The van der Waals surface area contributed by atoms with E-state index in [0.717, 1.165) is 5.69 Å². The van der Waals surface area contributed by atoms with Gasteiger partial charge in [-0.15, -0.1) is 0 Å². The minimum absolute atomic E-state index is 0.114. The normalized spacial score (nSPS) is 14.1. The third kappa shape index (κ3) is 2.45. The molecule has 0 fully saturated rings. The summed E-state index contributed by atoms with van der Waals surface area (Å²) in [5.74, 6) is -1.12. The van der Waals surface area contributed by atoms with Crippen LogP contribution in [0.2, 0.25) is 0 Å². The molecule has 1 aliphatic rings. The number of anilines is 3. The zero-order chi connectivity index (χ0) is 14.8. The van der Waals surface area contributed by atoms with E-state index in [0.29, 0.717) is 24.3 Å². The molecule has 5 nitrogen and oxygen atoms in total. The van der Waals surface area contributed by atoms with E-state index in [1.54, 1.807) is 18.2 Å². The molecule has 1 aliphatic heterocycles. The third-order valence-corrected chi connectivity index (χ3v) is 3.44. The van der Waals surface area contributed by atoms with Crippen molar-refractivity contribution in [3.8, 4) is 0 Å². The summed E-state index contributed by atoms with van der Waals surface area (Å²) in [5, 5.41) is 12.2. The topological polar surface area (TPSA) is 69.6 Å². The Hall–Kier alpha value is -2.82. The van der Waals surface area contributed by atoms with E-state index >= 15 is 0 Å². The number of nitrogens with one attached hydrogen (secondary N) is 1. The molecule has 0 radical (unpaired) electrons. The van der Waals surface area contributed by atoms with Crippen molar-refractivity contribution < 1.29 is 14.7 Å². The molecule has 2 N–H and O–H groups in total. The molecule has 0 unspecified atom stereocenters. The van der Waals surface area contributed by atoms with E-state index in [1.807, 2.05) is 35.2 Å². The SMILES string of the molecule is O=C1CCN(c2ccccc2)c2c(cccc2C(=O)O)N1. The highest BCUT2D eigenvalue weighted by Crippen LogP contribution is 2.37. The number of carboxylic acid groups (broad SMARTS) is 1. The van der Waals surface area contributed by atoms with Crippen LogP contribution in [-0.4, -0.2) is 23.5 Å². The van der Waals surface area contributed by atoms with E-state index in [1.165, 1.54) is 0 Å². The van der Waals surface area contributed by atoms with Gasteiger partial charge in [-0.05, 0) is 24.3 Å². The minimum atomic E-state index is -1.01. The van der Waals surface area contributed by atoms with Gasteiger partial charge >= 0.3 is 5.97 Å². The Morgan fingerprint density at radius 3 is 2.57 bits per heavy atom. The number of benzene rings is 2. The van der Waals surface area contributed by atoms with Crippen molar-refractivity contribution in [1.29, 1.82) is 0 Å². The first-order valence-corrected chi connectivity index (χ1v) is 6.65. The maximum atomic E-state index is 11.8. The largest absolute Gasteiger partial charge is 0.478 e. The Morgan fingerprint density at radius 2 is 1.86 bits per heavy atom. The van der Waals surface area contributed by atoms with E-state index < -0.39 is 5.97 Å². The zero-order valence-corrected chi connectivity index (χ0v) is 11.2. The molecule has 1 amide bonds. The molecule has 0 bridgehead atoms. The number of amides is 1. The van der Waals surface area contributed by atoms with Crippen LogP contribution in [0.5, 0.6) is 0 Å². The van der Waals surface area contributed by atoms with Crippen molar-refractivity contribution in [2.45, 2.75) is 6.42 Å². The fraction of sp³-hybridized carbons (Fsp3) is 0.125. The lowest BCUT2D eigenvalue weighted by Gasteiger charge is -2.25. The van der Waals surface area contributed by atoms with E-state index in [4.69, 9.17) is 0 Å². The second-order valence-corrected chi connectivity index (χ2v) is 4.79. The number of carbonyl (C=O) groups is 2. The summed E-state index contributed by atoms with van der Waals surface area (Å²) in [7, 11) is 0. The zero-order valence-electron chi connectivity index (χ0n) is 11.2. The van der Waals surface area contributed by atoms with Gasteiger partial charge in [-0.3, -0.25) is 4.79 Å². The lowest BCUT2D eigenvalue weighted by atomic mass is 10.1. The van der Waals surface area contributed by atoms with Crippen LogP contribution in [0.4, 0.5) is 17.1 Å². The van der Waals surface area contributed by atoms with Crippen LogP contribution in [0.15, 0.2) is 48.5 Å². The predicted molar refractivity (Wildman–Crippen MR) is 80.1 cm³/mol. The van der Waals surface area contributed by atoms with Crippen molar-refractivity contribution in [3.63, 3.8) is 0 Å². The summed E-state index contributed by atoms with van der Waals surface area (Å²) >= 11 is 0. The highest BCUT2D eigenvalue weighted by Gasteiger charge is 2.25. The van der Waals surface area contributed by atoms with Crippen molar-refractivity contribution >= 4 is 28.9 Å². The quantitative estimate of drug-likeness (QED) is 0.888. The standard InChI is InChI=1S/C16H14N2O3/c19-14-9-10-18(11-5-2-1-3-6-11)15-12(16(20)21)7-4-8-13(15)17-14/h1-8H,9-10H2,(H,17,19)(H,20,21). The van der Waals surface area contributed by atoms with Crippen LogP contribution in [0, 0.1) is 0 Å². The highest BCUT2D eigenvalue weighted by atomic mass is 16.4. The van der Waals surface area contributed by atoms with Crippen molar-refractivity contribution in [3.05, 3.63) is 54.1 Å². The molecular formula is C16H14N2O3. The monoisotopic (exact) mass is 282 g/mol. The number of nitrogens with zero attached hydrogens (tertiary/aromatic N) is 1. The molecule has 106 valence electrons. The van der Waals surface area contributed by atoms with E-state index in [-0.39, 0.29) is 11.5 Å². The van der Waals surface area contributed by atoms with Crippen molar-refractivity contribution in [1.82, 2.24) is 0 Å². The average Bonchev–Trinajstić information content (AvgIpc) is 2.66. The van der Waals surface area contributed by atoms with Crippen LogP contribution in [0.25, 0.3) is 0 Å². The number of para-hydroxylation sites is 2. The van der Waals surface area contributed by atoms with Gasteiger partial charge in [0.1, 0.15) is 0 Å². The Labute approximate surface area is 121 Å². The Kier molecular flexibility index (Phi) is 3.31. The number of hydrogen-bond donors (Lipinski definition) is 2. The molecule has 0 spiro atoms. The summed E-state index contributed by atoms with van der Waals surface area (Å²) in [4.78, 5) is 25.2. The van der Waals surface area contributed by atoms with Gasteiger partial charge in [0.2, 0.25) is 5.91 Å². The van der Waals surface area contributed by atoms with Gasteiger partial charge < -0.3 is 15.3 Å². The van der Waals surface area contributed by atoms with Crippen LogP contribution in [-0.2, 0) is 4.79 Å². The Bertz CT molecular complexity index is 698. The predicted octanol–water partition coefficient (Wildman–Crippen LogP) is 2.87. The summed E-state index contributed by atoms with van der Waals surface area (Å²) in [6.45, 7) is 0.438. The lowest BCUT2D eigenvalue weighted by molar-refractivity contribution is -0.115. The maximum absolute atomic E-state index is 11.8. The van der Waals surface area contributed by atoms with Crippen LogP contribution < -0.4 is 10.2 Å². The molecule has 3 rings (SSSR count). The molecule has 5 heteroatoms. The van der Waals surface area contributed by atoms with Crippen molar-refractivity contribution in [2.24, 2.45) is 0 Å². The molecule has 0 atom stereocenters. The Balaban J connectivity index is 2.20. The first-order chi connectivity index (χ1) is 10.2. The van der Waals surface area contributed by atoms with Gasteiger partial charge in [0.05, 0.1) is 16.9 Å². The van der Waals surface area contributed by atoms with Crippen LogP contribution >= 0.6 is 0 Å². The molecule has 1 heterocycles. The molecule has 21 heavy (non-hydrogen) atoms. The van der Waals surface area contributed by atoms with Gasteiger partial charge in [-0.2, -0.15) is 0 Å². The molecular weight excluding hydrogens is 268 g/mol. The smallest absolute Gasteiger partial charge is 0.337 e. The van der Waals surface area contributed by atoms with Gasteiger partial charge in [-0.1, -0.05) is 24.3 Å². The lowest BCUT2D eigenvalue weighted by Crippen LogP contribution is -2.20. The van der Waals surface area contributed by atoms with Crippen LogP contribution in [0.3, 0.4) is 0 Å². The number of fused-ring (bicyclic) bond motifs is 1. The highest BCUT2D eigenvalue weighted by molar-refractivity contribution is 6.05. The van der Waals surface area contributed by atoms with Gasteiger partial charge in [0, 0.05) is 18.7 Å². The number of rotatable bonds is 2. The van der Waals surface area contributed by atoms with Crippen LogP contribution in [0.1, 0.15) is 16.8 Å². The molecule has 0 saturated heterocycles. The maximum Gasteiger partial charge on any atom is 0.337 e. The third-order valence-electron chi connectivity index (χ3n) is 3.44. The summed E-state index contributed by atoms with van der Waals surface area (Å²) < 4.78 is 0. The number of aromatic carboxylic acids is 1. The second kappa shape index (κ2) is 5.28. The number of hydrogen-bond acceptors (Lipinski definition) is 3. The minimum Gasteiger partial charge on any atom is -0.478 e. The van der Waals surface area contributed by atoms with Crippen molar-refractivity contribution in [2.75, 3.05) is 16.8 Å². The first kappa shape index (κ1) is 13.2. The molecule has 0 aromatic heterocycles. The molecule has 2 aromatic carbocycles. The summed E-state index contributed by atoms with van der Waals surface area (Å²) in [5.41, 5.74) is 2.10. The van der Waals surface area contributed by atoms with E-state index in [2.05, 4.69) is 5.32 Å². The summed E-state index contributed by atoms with van der Waals surface area (Å²) in [6.07, 6.45) is 0.308. The first-order valence-electron chi connectivity index (χ1n) is 6.65. The van der Waals surface area contributed by atoms with Gasteiger partial charge in [-0.25, -0.2) is 4.79 Å². The van der Waals surface area contributed by atoms with E-state index in [9.17, 15) is 14.7 Å². The second-order valence-electron chi connectivity index (χ2n) is 4.79. The average molecular weight is 282 g/mol. The number of carboxylic acids is 1. The fourth-order valence-electron chi connectivity index (χ4n) is 2.51. The molecule has 0 saturated carbocycles. The Morgan fingerprint density at radius 1 is 1.10 bits per heavy atom. The molecule has 0 aliphatic carbocycles. The summed E-state index contributed by atoms with van der Waals surface area (Å²) in [6, 6.07) is 14.4. The molecule has 2 aromatic rings. The van der Waals surface area contributed by atoms with Gasteiger partial charge in [0.15, 0.2) is 0 Å². The fourth-order valence-corrected chi connectivity index (χ4v) is 2.51. The number of carbonyl (C=O) groups excluding carboxylic acids is 1. The van der Waals surface area contributed by atoms with Gasteiger partial charge in [0.25, 0.3) is 0 Å².